The van der Waals surface area contributed by atoms with Crippen molar-refractivity contribution in [3.8, 4) is 5.75 Å². The second kappa shape index (κ2) is 9.07. The van der Waals surface area contributed by atoms with Crippen LogP contribution in [0.3, 0.4) is 0 Å². The first-order chi connectivity index (χ1) is 14.6. The van der Waals surface area contributed by atoms with Gasteiger partial charge in [-0.2, -0.15) is 0 Å². The number of rotatable bonds is 6. The number of hydrogen-bond donors (Lipinski definition) is 2. The summed E-state index contributed by atoms with van der Waals surface area (Å²) < 4.78 is 31.4. The molecule has 1 heterocycles. The molecule has 3 rings (SSSR count). The van der Waals surface area contributed by atoms with Crippen molar-refractivity contribution in [3.63, 3.8) is 0 Å². The van der Waals surface area contributed by atoms with Crippen LogP contribution in [0, 0.1) is 13.8 Å². The highest BCUT2D eigenvalue weighted by Gasteiger charge is 2.25. The van der Waals surface area contributed by atoms with E-state index in [9.17, 15) is 18.0 Å². The number of ether oxygens (including phenoxy) is 1. The van der Waals surface area contributed by atoms with Crippen LogP contribution in [-0.2, 0) is 14.8 Å². The molecule has 0 saturated heterocycles. The smallest absolute Gasteiger partial charge is 0.251 e. The van der Waals surface area contributed by atoms with E-state index in [-0.39, 0.29) is 29.0 Å². The van der Waals surface area contributed by atoms with Gasteiger partial charge in [0.15, 0.2) is 0 Å². The van der Waals surface area contributed by atoms with Crippen molar-refractivity contribution < 1.29 is 22.7 Å². The summed E-state index contributed by atoms with van der Waals surface area (Å²) in [6, 6.07) is 9.56. The molecule has 9 heteroatoms. The van der Waals surface area contributed by atoms with Crippen LogP contribution in [0.15, 0.2) is 41.3 Å². The van der Waals surface area contributed by atoms with Gasteiger partial charge in [0.1, 0.15) is 5.75 Å². The third-order valence-corrected chi connectivity index (χ3v) is 6.91. The average molecular weight is 446 g/mol. The van der Waals surface area contributed by atoms with E-state index in [0.29, 0.717) is 13.0 Å². The lowest BCUT2D eigenvalue weighted by atomic mass is 9.95. The van der Waals surface area contributed by atoms with Gasteiger partial charge in [0.05, 0.1) is 24.1 Å². The number of sulfonamides is 1. The molecule has 1 aliphatic rings. The molecule has 2 aromatic rings. The fourth-order valence-corrected chi connectivity index (χ4v) is 4.49. The molecule has 0 saturated carbocycles. The number of fused-ring (bicyclic) bond motifs is 1. The first-order valence-electron chi connectivity index (χ1n) is 9.93. The zero-order chi connectivity index (χ0) is 22.8. The Balaban J connectivity index is 1.65. The first kappa shape index (κ1) is 22.8. The Morgan fingerprint density at radius 2 is 1.90 bits per heavy atom. The fraction of sp³-hybridized carbons (Fsp3) is 0.364. The van der Waals surface area contributed by atoms with Crippen molar-refractivity contribution in [2.75, 3.05) is 27.2 Å². The number of nitrogens with zero attached hydrogens (tertiary/aromatic N) is 1. The maximum atomic E-state index is 12.5. The van der Waals surface area contributed by atoms with Crippen molar-refractivity contribution in [3.05, 3.63) is 58.7 Å². The monoisotopic (exact) mass is 445 g/mol. The number of hydrogen-bond acceptors (Lipinski definition) is 5. The lowest BCUT2D eigenvalue weighted by molar-refractivity contribution is -0.121. The number of carbonyl (C=O) groups is 2. The minimum Gasteiger partial charge on any atom is -0.493 e. The molecule has 2 amide bonds. The van der Waals surface area contributed by atoms with E-state index in [0.717, 1.165) is 26.7 Å². The Labute approximate surface area is 182 Å². The van der Waals surface area contributed by atoms with Crippen LogP contribution < -0.4 is 15.4 Å². The van der Waals surface area contributed by atoms with Crippen LogP contribution in [0.1, 0.15) is 39.5 Å². The molecule has 1 atom stereocenters. The summed E-state index contributed by atoms with van der Waals surface area (Å²) in [4.78, 5) is 24.9. The van der Waals surface area contributed by atoms with E-state index in [2.05, 4.69) is 10.6 Å². The predicted octanol–water partition coefficient (Wildman–Crippen LogP) is 1.92. The van der Waals surface area contributed by atoms with E-state index in [1.54, 1.807) is 0 Å². The minimum absolute atomic E-state index is 0.0131. The zero-order valence-corrected chi connectivity index (χ0v) is 18.9. The summed E-state index contributed by atoms with van der Waals surface area (Å²) in [6.07, 6.45) is 0.639. The highest BCUT2D eigenvalue weighted by Crippen LogP contribution is 2.35. The van der Waals surface area contributed by atoms with Gasteiger partial charge in [-0.25, -0.2) is 12.7 Å². The SMILES string of the molecule is Cc1cc(C)c2c(c1)C(NC(=O)CNC(=O)c1cccc(S(=O)(=O)N(C)C)c1)CCO2. The number of nitrogens with one attached hydrogen (secondary N) is 2. The van der Waals surface area contributed by atoms with Gasteiger partial charge in [0.2, 0.25) is 15.9 Å². The number of benzene rings is 2. The van der Waals surface area contributed by atoms with E-state index < -0.39 is 15.9 Å². The van der Waals surface area contributed by atoms with Gasteiger partial charge < -0.3 is 15.4 Å². The quantitative estimate of drug-likeness (QED) is 0.707. The molecule has 0 fully saturated rings. The molecular weight excluding hydrogens is 418 g/mol. The summed E-state index contributed by atoms with van der Waals surface area (Å²) in [7, 11) is -0.816. The van der Waals surface area contributed by atoms with Gasteiger partial charge in [0, 0.05) is 31.6 Å². The third kappa shape index (κ3) is 5.05. The molecular formula is C22H27N3O5S. The second-order valence-electron chi connectivity index (χ2n) is 7.76. The molecule has 166 valence electrons. The second-order valence-corrected chi connectivity index (χ2v) is 9.91. The Morgan fingerprint density at radius 3 is 2.61 bits per heavy atom. The summed E-state index contributed by atoms with van der Waals surface area (Å²) in [5.74, 6) is -0.0578. The largest absolute Gasteiger partial charge is 0.493 e. The summed E-state index contributed by atoms with van der Waals surface area (Å²) in [6.45, 7) is 4.24. The van der Waals surface area contributed by atoms with Crippen LogP contribution in [0.25, 0.3) is 0 Å². The van der Waals surface area contributed by atoms with Crippen LogP contribution in [-0.4, -0.2) is 51.8 Å². The van der Waals surface area contributed by atoms with E-state index in [1.807, 2.05) is 26.0 Å². The lowest BCUT2D eigenvalue weighted by Crippen LogP contribution is -2.40. The average Bonchev–Trinajstić information content (AvgIpc) is 2.72. The summed E-state index contributed by atoms with van der Waals surface area (Å²) in [5, 5.41) is 5.50. The standard InChI is InChI=1S/C22H27N3O5S/c1-14-10-15(2)21-18(11-14)19(8-9-30-21)24-20(26)13-23-22(27)16-6-5-7-17(12-16)31(28,29)25(3)4/h5-7,10-12,19H,8-9,13H2,1-4H3,(H,23,27)(H,24,26). The molecule has 0 spiro atoms. The van der Waals surface area contributed by atoms with Gasteiger partial charge in [-0.3, -0.25) is 9.59 Å². The lowest BCUT2D eigenvalue weighted by Gasteiger charge is -2.28. The Hall–Kier alpha value is -2.91. The molecule has 1 aliphatic heterocycles. The maximum absolute atomic E-state index is 12.5. The first-order valence-corrected chi connectivity index (χ1v) is 11.4. The Morgan fingerprint density at radius 1 is 1.16 bits per heavy atom. The normalized spacial score (nSPS) is 15.7. The van der Waals surface area contributed by atoms with Crippen LogP contribution in [0.2, 0.25) is 0 Å². The molecule has 8 nitrogen and oxygen atoms in total. The summed E-state index contributed by atoms with van der Waals surface area (Å²) >= 11 is 0. The molecule has 2 aromatic carbocycles. The number of aryl methyl sites for hydroxylation is 2. The Bertz CT molecular complexity index is 1110. The molecule has 0 aliphatic carbocycles. The predicted molar refractivity (Wildman–Crippen MR) is 117 cm³/mol. The van der Waals surface area contributed by atoms with Gasteiger partial charge in [-0.15, -0.1) is 0 Å². The van der Waals surface area contributed by atoms with Gasteiger partial charge in [-0.1, -0.05) is 23.8 Å². The van der Waals surface area contributed by atoms with Gasteiger partial charge in [-0.05, 0) is 37.6 Å². The molecule has 0 bridgehead atoms. The van der Waals surface area contributed by atoms with Crippen molar-refractivity contribution in [1.82, 2.24) is 14.9 Å². The number of amides is 2. The van der Waals surface area contributed by atoms with Crippen LogP contribution in [0.5, 0.6) is 5.75 Å². The Kier molecular flexibility index (Phi) is 6.66. The molecule has 31 heavy (non-hydrogen) atoms. The van der Waals surface area contributed by atoms with Crippen LogP contribution in [0.4, 0.5) is 0 Å². The highest BCUT2D eigenvalue weighted by atomic mass is 32.2. The molecule has 2 N–H and O–H groups in total. The number of carbonyl (C=O) groups excluding carboxylic acids is 2. The molecule has 0 aromatic heterocycles. The highest BCUT2D eigenvalue weighted by molar-refractivity contribution is 7.89. The van der Waals surface area contributed by atoms with Gasteiger partial charge >= 0.3 is 0 Å². The molecule has 1 unspecified atom stereocenters. The van der Waals surface area contributed by atoms with E-state index in [4.69, 9.17) is 4.74 Å². The van der Waals surface area contributed by atoms with Crippen molar-refractivity contribution in [1.29, 1.82) is 0 Å². The van der Waals surface area contributed by atoms with E-state index >= 15 is 0 Å². The fourth-order valence-electron chi connectivity index (χ4n) is 3.54. The van der Waals surface area contributed by atoms with Gasteiger partial charge in [0.25, 0.3) is 5.91 Å². The van der Waals surface area contributed by atoms with Crippen molar-refractivity contribution in [2.45, 2.75) is 31.2 Å². The van der Waals surface area contributed by atoms with Crippen molar-refractivity contribution in [2.24, 2.45) is 0 Å². The summed E-state index contributed by atoms with van der Waals surface area (Å²) in [5.41, 5.74) is 3.21. The third-order valence-electron chi connectivity index (χ3n) is 5.10. The van der Waals surface area contributed by atoms with Crippen molar-refractivity contribution >= 4 is 21.8 Å². The van der Waals surface area contributed by atoms with Crippen LogP contribution >= 0.6 is 0 Å². The topological polar surface area (TPSA) is 105 Å². The maximum Gasteiger partial charge on any atom is 0.251 e. The molecule has 0 radical (unpaired) electrons. The van der Waals surface area contributed by atoms with E-state index in [1.165, 1.54) is 38.4 Å². The zero-order valence-electron chi connectivity index (χ0n) is 18.1. The minimum atomic E-state index is -3.66.